The Balaban J connectivity index is 0.00000225. The Hall–Kier alpha value is -2.10. The number of fused-ring (bicyclic) bond motifs is 1. The summed E-state index contributed by atoms with van der Waals surface area (Å²) in [5.74, 6) is -1.41. The third kappa shape index (κ3) is 3.35. The van der Waals surface area contributed by atoms with Crippen molar-refractivity contribution in [2.24, 2.45) is 5.73 Å². The van der Waals surface area contributed by atoms with E-state index in [4.69, 9.17) is 5.73 Å². The number of hydrogen-bond acceptors (Lipinski definition) is 5. The quantitative estimate of drug-likeness (QED) is 0.452. The molecule has 0 saturated carbocycles. The highest BCUT2D eigenvalue weighted by atomic mass is 32.2. The van der Waals surface area contributed by atoms with Crippen molar-refractivity contribution in [2.45, 2.75) is 37.2 Å². The molecule has 1 unspecified atom stereocenters. The van der Waals surface area contributed by atoms with E-state index in [1.165, 1.54) is 16.7 Å². The van der Waals surface area contributed by atoms with E-state index in [-0.39, 0.29) is 16.5 Å². The van der Waals surface area contributed by atoms with Gasteiger partial charge in [0.2, 0.25) is 5.91 Å². The smallest absolute Gasteiger partial charge is 0.352 e. The minimum Gasteiger partial charge on any atom is -0.477 e. The number of β-lactam (4-membered cyclic amide) rings is 1. The van der Waals surface area contributed by atoms with Gasteiger partial charge in [0.05, 0.1) is 0 Å². The van der Waals surface area contributed by atoms with Gasteiger partial charge in [0, 0.05) is 5.75 Å². The number of nitrogens with zero attached hydrogens (tertiary/aromatic N) is 1. The summed E-state index contributed by atoms with van der Waals surface area (Å²) >= 11 is 1.45. The molecule has 0 bridgehead atoms. The maximum atomic E-state index is 12.3. The molecule has 3 aliphatic rings. The Morgan fingerprint density at radius 2 is 2.16 bits per heavy atom. The number of carbonyl (C=O) groups is 3. The van der Waals surface area contributed by atoms with Gasteiger partial charge in [-0.1, -0.05) is 18.2 Å². The maximum Gasteiger partial charge on any atom is 0.352 e. The van der Waals surface area contributed by atoms with Crippen LogP contribution in [-0.2, 0) is 14.4 Å². The van der Waals surface area contributed by atoms with E-state index in [2.05, 4.69) is 5.32 Å². The molecule has 0 aromatic heterocycles. The minimum absolute atomic E-state index is 0. The fourth-order valence-electron chi connectivity index (χ4n) is 3.06. The number of amides is 2. The van der Waals surface area contributed by atoms with Crippen LogP contribution in [0.3, 0.4) is 0 Å². The molecule has 25 heavy (non-hydrogen) atoms. The zero-order chi connectivity index (χ0) is 17.4. The predicted octanol–water partition coefficient (Wildman–Crippen LogP) is -0.476. The van der Waals surface area contributed by atoms with Crippen LogP contribution in [0.1, 0.15) is 19.8 Å². The Morgan fingerprint density at radius 1 is 1.44 bits per heavy atom. The lowest BCUT2D eigenvalue weighted by molar-refractivity contribution is -0.150. The topological polar surface area (TPSA) is 144 Å². The lowest BCUT2D eigenvalue weighted by Gasteiger charge is -2.49. The average Bonchev–Trinajstić information content (AvgIpc) is 2.59. The van der Waals surface area contributed by atoms with Crippen molar-refractivity contribution in [2.75, 3.05) is 5.75 Å². The molecule has 1 saturated heterocycles. The monoisotopic (exact) mass is 367 g/mol. The standard InChI is InChI=1S/C16H19N3O4S.H2O/c1-8-7-24-15-11(14(21)19(15)12(8)16(22)23)18-13(20)10(17)9-5-3-2-4-6-9;/h2-3,6,10-11,15H,4-5,7,17H2,1H3,(H,18,20)(H,22,23);1H2/t10?,11-,15-;/m1./s1. The lowest BCUT2D eigenvalue weighted by atomic mass is 9.97. The van der Waals surface area contributed by atoms with E-state index in [0.717, 1.165) is 12.0 Å². The maximum absolute atomic E-state index is 12.3. The van der Waals surface area contributed by atoms with Gasteiger partial charge in [-0.3, -0.25) is 14.5 Å². The van der Waals surface area contributed by atoms with Crippen molar-refractivity contribution >= 4 is 29.5 Å². The number of allylic oxidation sites excluding steroid dienone is 3. The molecule has 2 amide bonds. The fourth-order valence-corrected chi connectivity index (χ4v) is 4.35. The summed E-state index contributed by atoms with van der Waals surface area (Å²) in [4.78, 5) is 37.3. The van der Waals surface area contributed by atoms with Crippen LogP contribution in [0.15, 0.2) is 35.1 Å². The molecule has 3 atom stereocenters. The predicted molar refractivity (Wildman–Crippen MR) is 93.4 cm³/mol. The number of thioether (sulfide) groups is 1. The first-order valence-electron chi connectivity index (χ1n) is 7.69. The Labute approximate surface area is 149 Å². The molecule has 2 heterocycles. The Morgan fingerprint density at radius 3 is 2.76 bits per heavy atom. The zero-order valence-electron chi connectivity index (χ0n) is 13.7. The zero-order valence-corrected chi connectivity index (χ0v) is 14.5. The first kappa shape index (κ1) is 19.2. The number of aliphatic carboxylic acids is 1. The molecule has 1 aliphatic carbocycles. The van der Waals surface area contributed by atoms with Gasteiger partial charge < -0.3 is 21.6 Å². The Kier molecular flexibility index (Phi) is 5.71. The van der Waals surface area contributed by atoms with E-state index < -0.39 is 29.9 Å². The van der Waals surface area contributed by atoms with Crippen LogP contribution in [0.25, 0.3) is 0 Å². The van der Waals surface area contributed by atoms with Crippen LogP contribution in [0.2, 0.25) is 0 Å². The molecule has 8 nitrogen and oxygen atoms in total. The molecule has 1 fully saturated rings. The molecule has 0 radical (unpaired) electrons. The summed E-state index contributed by atoms with van der Waals surface area (Å²) in [6.45, 7) is 1.70. The van der Waals surface area contributed by atoms with Crippen LogP contribution in [0.5, 0.6) is 0 Å². The van der Waals surface area contributed by atoms with Gasteiger partial charge in [-0.25, -0.2) is 4.79 Å². The molecular weight excluding hydrogens is 346 g/mol. The van der Waals surface area contributed by atoms with Gasteiger partial charge in [0.15, 0.2) is 0 Å². The van der Waals surface area contributed by atoms with Crippen LogP contribution >= 0.6 is 11.8 Å². The first-order chi connectivity index (χ1) is 11.4. The van der Waals surface area contributed by atoms with Crippen molar-refractivity contribution in [1.29, 1.82) is 0 Å². The molecule has 9 heteroatoms. The van der Waals surface area contributed by atoms with E-state index in [1.54, 1.807) is 6.92 Å². The summed E-state index contributed by atoms with van der Waals surface area (Å²) in [6.07, 6.45) is 7.26. The van der Waals surface area contributed by atoms with E-state index in [0.29, 0.717) is 17.7 Å². The van der Waals surface area contributed by atoms with Crippen LogP contribution < -0.4 is 11.1 Å². The summed E-state index contributed by atoms with van der Waals surface area (Å²) < 4.78 is 0. The SMILES string of the molecule is CC1=C(C(=O)O)N2C(=O)[C@@H](NC(=O)C(N)C3=CCC=CC3)[C@H]2SC1.O. The first-order valence-corrected chi connectivity index (χ1v) is 8.74. The second kappa shape index (κ2) is 7.42. The van der Waals surface area contributed by atoms with Gasteiger partial charge >= 0.3 is 5.97 Å². The molecule has 2 aliphatic heterocycles. The fraction of sp³-hybridized carbons (Fsp3) is 0.438. The van der Waals surface area contributed by atoms with Crippen LogP contribution in [0.4, 0.5) is 0 Å². The van der Waals surface area contributed by atoms with Crippen molar-refractivity contribution in [1.82, 2.24) is 10.2 Å². The van der Waals surface area contributed by atoms with Gasteiger partial charge in [-0.2, -0.15) is 0 Å². The number of hydrogen-bond donors (Lipinski definition) is 3. The molecule has 0 aromatic rings. The molecule has 6 N–H and O–H groups in total. The van der Waals surface area contributed by atoms with E-state index in [1.807, 2.05) is 18.2 Å². The number of carboxylic acids is 1. The average molecular weight is 367 g/mol. The molecule has 0 spiro atoms. The van der Waals surface area contributed by atoms with Crippen LogP contribution in [0, 0.1) is 0 Å². The van der Waals surface area contributed by atoms with E-state index in [9.17, 15) is 19.5 Å². The molecular formula is C16H21N3O5S. The van der Waals surface area contributed by atoms with Gasteiger partial charge in [0.1, 0.15) is 23.2 Å². The van der Waals surface area contributed by atoms with Crippen LogP contribution in [-0.4, -0.2) is 56.5 Å². The second-order valence-electron chi connectivity index (χ2n) is 6.00. The molecule has 3 rings (SSSR count). The lowest BCUT2D eigenvalue weighted by Crippen LogP contribution is -2.71. The third-order valence-corrected chi connectivity index (χ3v) is 5.80. The normalized spacial score (nSPS) is 26.1. The highest BCUT2D eigenvalue weighted by Crippen LogP contribution is 2.40. The van der Waals surface area contributed by atoms with Gasteiger partial charge in [-0.15, -0.1) is 11.8 Å². The van der Waals surface area contributed by atoms with Crippen molar-refractivity contribution in [3.05, 3.63) is 35.1 Å². The number of carboxylic acid groups (broad SMARTS) is 1. The summed E-state index contributed by atoms with van der Waals surface area (Å²) in [5.41, 5.74) is 7.49. The van der Waals surface area contributed by atoms with E-state index >= 15 is 0 Å². The second-order valence-corrected chi connectivity index (χ2v) is 7.10. The largest absolute Gasteiger partial charge is 0.477 e. The van der Waals surface area contributed by atoms with Gasteiger partial charge in [0.25, 0.3) is 5.91 Å². The minimum atomic E-state index is -1.12. The summed E-state index contributed by atoms with van der Waals surface area (Å²) in [7, 11) is 0. The van der Waals surface area contributed by atoms with Crippen molar-refractivity contribution in [3.63, 3.8) is 0 Å². The number of nitrogens with one attached hydrogen (secondary N) is 1. The number of rotatable bonds is 4. The Bertz CT molecular complexity index is 700. The van der Waals surface area contributed by atoms with Gasteiger partial charge in [-0.05, 0) is 30.9 Å². The number of nitrogens with two attached hydrogens (primary N) is 1. The molecule has 0 aromatic carbocycles. The number of carbonyl (C=O) groups excluding carboxylic acids is 2. The highest BCUT2D eigenvalue weighted by Gasteiger charge is 2.53. The summed E-state index contributed by atoms with van der Waals surface area (Å²) in [6, 6.07) is -1.52. The third-order valence-electron chi connectivity index (χ3n) is 4.38. The van der Waals surface area contributed by atoms with Crippen molar-refractivity contribution < 1.29 is 25.0 Å². The highest BCUT2D eigenvalue weighted by molar-refractivity contribution is 8.00. The van der Waals surface area contributed by atoms with Crippen molar-refractivity contribution in [3.8, 4) is 0 Å². The summed E-state index contributed by atoms with van der Waals surface area (Å²) in [5, 5.41) is 11.6. The molecule has 136 valence electrons.